The zero-order valence-electron chi connectivity index (χ0n) is 8.02. The second kappa shape index (κ2) is 4.50. The van der Waals surface area contributed by atoms with Gasteiger partial charge in [0.2, 0.25) is 0 Å². The first kappa shape index (κ1) is 9.58. The topological polar surface area (TPSA) is 37.8 Å². The number of nitrogens with one attached hydrogen (secondary N) is 1. The fourth-order valence-electron chi connectivity index (χ4n) is 1.19. The summed E-state index contributed by atoms with van der Waals surface area (Å²) < 4.78 is 12.6. The van der Waals surface area contributed by atoms with E-state index in [1.807, 2.05) is 0 Å². The molecule has 1 aromatic heterocycles. The van der Waals surface area contributed by atoms with Gasteiger partial charge in [-0.3, -0.25) is 0 Å². The van der Waals surface area contributed by atoms with Crippen molar-refractivity contribution >= 4 is 5.82 Å². The second-order valence-electron chi connectivity index (χ2n) is 3.07. The van der Waals surface area contributed by atoms with Crippen LogP contribution >= 0.6 is 0 Å². The summed E-state index contributed by atoms with van der Waals surface area (Å²) in [6.07, 6.45) is 3.15. The highest BCUT2D eigenvalue weighted by molar-refractivity contribution is 5.33. The van der Waals surface area contributed by atoms with Gasteiger partial charge in [0.25, 0.3) is 0 Å². The zero-order valence-corrected chi connectivity index (χ0v) is 8.02. The maximum atomic E-state index is 12.6. The molecular weight excluding hydrogens is 193 g/mol. The van der Waals surface area contributed by atoms with Crippen LogP contribution in [0.15, 0.2) is 42.9 Å². The lowest BCUT2D eigenvalue weighted by atomic mass is 10.2. The Morgan fingerprint density at radius 3 is 2.60 bits per heavy atom. The maximum Gasteiger partial charge on any atom is 0.129 e. The van der Waals surface area contributed by atoms with Gasteiger partial charge in [0.15, 0.2) is 0 Å². The van der Waals surface area contributed by atoms with Crippen LogP contribution in [0, 0.1) is 5.82 Å². The average molecular weight is 203 g/mol. The molecule has 0 spiro atoms. The molecule has 0 aliphatic carbocycles. The highest BCUT2D eigenvalue weighted by atomic mass is 19.1. The minimum absolute atomic E-state index is 0.221. The summed E-state index contributed by atoms with van der Waals surface area (Å²) in [5.74, 6) is 0.537. The molecule has 0 saturated carbocycles. The predicted octanol–water partition coefficient (Wildman–Crippen LogP) is 2.23. The van der Waals surface area contributed by atoms with Gasteiger partial charge in [-0.05, 0) is 23.8 Å². The summed E-state index contributed by atoms with van der Waals surface area (Å²) in [6, 6.07) is 8.14. The third kappa shape index (κ3) is 2.74. The molecule has 15 heavy (non-hydrogen) atoms. The van der Waals surface area contributed by atoms with E-state index in [0.717, 1.165) is 11.4 Å². The van der Waals surface area contributed by atoms with Gasteiger partial charge in [0.1, 0.15) is 18.0 Å². The van der Waals surface area contributed by atoms with Gasteiger partial charge in [-0.1, -0.05) is 12.1 Å². The lowest BCUT2D eigenvalue weighted by Gasteiger charge is -2.04. The van der Waals surface area contributed by atoms with Crippen LogP contribution in [0.2, 0.25) is 0 Å². The van der Waals surface area contributed by atoms with E-state index in [9.17, 15) is 4.39 Å². The van der Waals surface area contributed by atoms with Gasteiger partial charge in [-0.2, -0.15) is 0 Å². The molecule has 4 heteroatoms. The molecule has 1 aromatic carbocycles. The molecule has 2 rings (SSSR count). The Labute approximate surface area is 87.0 Å². The van der Waals surface area contributed by atoms with Crippen molar-refractivity contribution in [2.75, 3.05) is 5.32 Å². The van der Waals surface area contributed by atoms with E-state index in [1.54, 1.807) is 24.4 Å². The number of rotatable bonds is 3. The number of halogens is 1. The van der Waals surface area contributed by atoms with Crippen molar-refractivity contribution in [3.8, 4) is 0 Å². The molecule has 0 radical (unpaired) electrons. The van der Waals surface area contributed by atoms with Gasteiger partial charge in [-0.25, -0.2) is 14.4 Å². The standard InChI is InChI=1S/C11H10FN3/c12-10-3-1-9(2-4-10)7-14-11-5-6-13-8-15-11/h1-6,8H,7H2,(H,13,14,15). The molecule has 3 nitrogen and oxygen atoms in total. The number of nitrogens with zero attached hydrogens (tertiary/aromatic N) is 2. The van der Waals surface area contributed by atoms with Crippen LogP contribution in [0.1, 0.15) is 5.56 Å². The minimum Gasteiger partial charge on any atom is -0.366 e. The molecular formula is C11H10FN3. The number of hydrogen-bond acceptors (Lipinski definition) is 3. The minimum atomic E-state index is -0.221. The molecule has 0 aliphatic rings. The Hall–Kier alpha value is -1.97. The zero-order chi connectivity index (χ0) is 10.5. The van der Waals surface area contributed by atoms with E-state index in [1.165, 1.54) is 18.5 Å². The largest absolute Gasteiger partial charge is 0.366 e. The molecule has 2 aromatic rings. The highest BCUT2D eigenvalue weighted by Crippen LogP contribution is 2.05. The predicted molar refractivity (Wildman–Crippen MR) is 55.8 cm³/mol. The molecule has 0 unspecified atom stereocenters. The molecule has 0 aliphatic heterocycles. The van der Waals surface area contributed by atoms with Crippen LogP contribution in [0.4, 0.5) is 10.2 Å². The summed E-state index contributed by atoms with van der Waals surface area (Å²) in [6.45, 7) is 0.622. The van der Waals surface area contributed by atoms with Crippen molar-refractivity contribution in [2.24, 2.45) is 0 Å². The van der Waals surface area contributed by atoms with Crippen molar-refractivity contribution in [2.45, 2.75) is 6.54 Å². The lowest BCUT2D eigenvalue weighted by Crippen LogP contribution is -2.00. The van der Waals surface area contributed by atoms with Crippen LogP contribution < -0.4 is 5.32 Å². The Morgan fingerprint density at radius 1 is 1.13 bits per heavy atom. The van der Waals surface area contributed by atoms with E-state index >= 15 is 0 Å². The van der Waals surface area contributed by atoms with Gasteiger partial charge in [0.05, 0.1) is 0 Å². The van der Waals surface area contributed by atoms with Crippen LogP contribution in [-0.2, 0) is 6.54 Å². The van der Waals surface area contributed by atoms with Crippen LogP contribution in [-0.4, -0.2) is 9.97 Å². The molecule has 76 valence electrons. The van der Waals surface area contributed by atoms with Crippen molar-refractivity contribution in [1.82, 2.24) is 9.97 Å². The van der Waals surface area contributed by atoms with E-state index in [2.05, 4.69) is 15.3 Å². The first-order valence-corrected chi connectivity index (χ1v) is 4.59. The summed E-state index contributed by atoms with van der Waals surface area (Å²) >= 11 is 0. The Balaban J connectivity index is 1.96. The van der Waals surface area contributed by atoms with Gasteiger partial charge in [-0.15, -0.1) is 0 Å². The van der Waals surface area contributed by atoms with Crippen molar-refractivity contribution in [3.05, 3.63) is 54.2 Å². The van der Waals surface area contributed by atoms with E-state index in [4.69, 9.17) is 0 Å². The van der Waals surface area contributed by atoms with E-state index in [0.29, 0.717) is 6.54 Å². The SMILES string of the molecule is Fc1ccc(CNc2ccncn2)cc1. The summed E-state index contributed by atoms with van der Waals surface area (Å²) in [5.41, 5.74) is 1.01. The first-order chi connectivity index (χ1) is 7.34. The Bertz CT molecular complexity index is 414. The molecule has 0 saturated heterocycles. The molecule has 0 amide bonds. The number of benzene rings is 1. The summed E-state index contributed by atoms with van der Waals surface area (Å²) in [7, 11) is 0. The molecule has 0 atom stereocenters. The quantitative estimate of drug-likeness (QED) is 0.831. The lowest BCUT2D eigenvalue weighted by molar-refractivity contribution is 0.627. The van der Waals surface area contributed by atoms with Crippen LogP contribution in [0.5, 0.6) is 0 Å². The third-order valence-electron chi connectivity index (χ3n) is 1.97. The average Bonchev–Trinajstić information content (AvgIpc) is 2.30. The normalized spacial score (nSPS) is 9.93. The summed E-state index contributed by atoms with van der Waals surface area (Å²) in [4.78, 5) is 7.83. The van der Waals surface area contributed by atoms with E-state index < -0.39 is 0 Å². The second-order valence-corrected chi connectivity index (χ2v) is 3.07. The fraction of sp³-hybridized carbons (Fsp3) is 0.0909. The van der Waals surface area contributed by atoms with Crippen LogP contribution in [0.3, 0.4) is 0 Å². The van der Waals surface area contributed by atoms with Crippen molar-refractivity contribution in [1.29, 1.82) is 0 Å². The number of hydrogen-bond donors (Lipinski definition) is 1. The van der Waals surface area contributed by atoms with Crippen molar-refractivity contribution < 1.29 is 4.39 Å². The number of anilines is 1. The third-order valence-corrected chi connectivity index (χ3v) is 1.97. The van der Waals surface area contributed by atoms with Gasteiger partial charge < -0.3 is 5.32 Å². The molecule has 0 bridgehead atoms. The summed E-state index contributed by atoms with van der Waals surface area (Å²) in [5, 5.41) is 3.11. The first-order valence-electron chi connectivity index (χ1n) is 4.59. The molecule has 1 heterocycles. The van der Waals surface area contributed by atoms with Gasteiger partial charge >= 0.3 is 0 Å². The van der Waals surface area contributed by atoms with E-state index in [-0.39, 0.29) is 5.82 Å². The smallest absolute Gasteiger partial charge is 0.129 e. The Morgan fingerprint density at radius 2 is 1.93 bits per heavy atom. The maximum absolute atomic E-state index is 12.6. The van der Waals surface area contributed by atoms with Crippen molar-refractivity contribution in [3.63, 3.8) is 0 Å². The Kier molecular flexibility index (Phi) is 2.88. The van der Waals surface area contributed by atoms with Gasteiger partial charge in [0, 0.05) is 12.7 Å². The van der Waals surface area contributed by atoms with Crippen LogP contribution in [0.25, 0.3) is 0 Å². The molecule has 1 N–H and O–H groups in total. The fourth-order valence-corrected chi connectivity index (χ4v) is 1.19. The highest BCUT2D eigenvalue weighted by Gasteiger charge is 1.94. The monoisotopic (exact) mass is 203 g/mol. The molecule has 0 fully saturated rings. The number of aromatic nitrogens is 2.